The molecule has 0 bridgehead atoms. The monoisotopic (exact) mass is 276 g/mol. The fourth-order valence-electron chi connectivity index (χ4n) is 3.13. The summed E-state index contributed by atoms with van der Waals surface area (Å²) in [6.45, 7) is 8.70. The van der Waals surface area contributed by atoms with Gasteiger partial charge < -0.3 is 15.4 Å². The Bertz CT molecular complexity index is 408. The first-order chi connectivity index (χ1) is 9.47. The van der Waals surface area contributed by atoms with Crippen molar-refractivity contribution in [1.82, 2.24) is 4.90 Å². The third-order valence-electron chi connectivity index (χ3n) is 4.27. The van der Waals surface area contributed by atoms with Gasteiger partial charge in [0.1, 0.15) is 0 Å². The van der Waals surface area contributed by atoms with E-state index in [0.717, 1.165) is 31.4 Å². The summed E-state index contributed by atoms with van der Waals surface area (Å²) in [7, 11) is 2.23. The Morgan fingerprint density at radius 2 is 1.80 bits per heavy atom. The number of benzene rings is 1. The van der Waals surface area contributed by atoms with E-state index in [1.165, 1.54) is 24.9 Å². The van der Waals surface area contributed by atoms with Crippen LogP contribution in [0.3, 0.4) is 0 Å². The van der Waals surface area contributed by atoms with Crippen LogP contribution in [-0.2, 0) is 10.2 Å². The van der Waals surface area contributed by atoms with Crippen molar-refractivity contribution < 1.29 is 4.74 Å². The Morgan fingerprint density at radius 1 is 1.20 bits per heavy atom. The van der Waals surface area contributed by atoms with E-state index in [1.54, 1.807) is 0 Å². The fourth-order valence-corrected chi connectivity index (χ4v) is 3.13. The highest BCUT2D eigenvalue weighted by molar-refractivity contribution is 5.41. The van der Waals surface area contributed by atoms with Crippen LogP contribution < -0.4 is 5.73 Å². The topological polar surface area (TPSA) is 38.5 Å². The largest absolute Gasteiger partial charge is 0.399 e. The van der Waals surface area contributed by atoms with Gasteiger partial charge in [0.2, 0.25) is 0 Å². The lowest BCUT2D eigenvalue weighted by molar-refractivity contribution is 0.0537. The van der Waals surface area contributed by atoms with E-state index in [0.29, 0.717) is 0 Å². The standard InChI is InChI=1S/C17H28N2O/c1-17(2,15-4-6-16(18)7-5-15)13-19(3)12-14-8-10-20-11-9-14/h4-7,14H,8-13,18H2,1-3H3. The van der Waals surface area contributed by atoms with Crippen LogP contribution in [-0.4, -0.2) is 38.3 Å². The number of rotatable bonds is 5. The molecule has 1 heterocycles. The van der Waals surface area contributed by atoms with Gasteiger partial charge in [-0.05, 0) is 43.5 Å². The summed E-state index contributed by atoms with van der Waals surface area (Å²) in [4.78, 5) is 2.46. The van der Waals surface area contributed by atoms with Crippen LogP contribution in [0.2, 0.25) is 0 Å². The van der Waals surface area contributed by atoms with E-state index in [9.17, 15) is 0 Å². The molecule has 20 heavy (non-hydrogen) atoms. The Balaban J connectivity index is 1.91. The van der Waals surface area contributed by atoms with E-state index in [1.807, 2.05) is 12.1 Å². The van der Waals surface area contributed by atoms with Crippen LogP contribution in [0.25, 0.3) is 0 Å². The zero-order valence-corrected chi connectivity index (χ0v) is 13.1. The number of ether oxygens (including phenoxy) is 1. The molecule has 2 rings (SSSR count). The second-order valence-corrected chi connectivity index (χ2v) is 6.76. The van der Waals surface area contributed by atoms with Gasteiger partial charge in [-0.25, -0.2) is 0 Å². The summed E-state index contributed by atoms with van der Waals surface area (Å²) in [5.74, 6) is 0.788. The molecule has 112 valence electrons. The zero-order valence-electron chi connectivity index (χ0n) is 13.1. The van der Waals surface area contributed by atoms with Crippen molar-refractivity contribution in [2.45, 2.75) is 32.1 Å². The minimum Gasteiger partial charge on any atom is -0.399 e. The van der Waals surface area contributed by atoms with Gasteiger partial charge in [-0.2, -0.15) is 0 Å². The third-order valence-corrected chi connectivity index (χ3v) is 4.27. The van der Waals surface area contributed by atoms with Crippen molar-refractivity contribution in [3.8, 4) is 0 Å². The molecule has 0 saturated carbocycles. The van der Waals surface area contributed by atoms with Crippen LogP contribution in [0.15, 0.2) is 24.3 Å². The molecule has 1 aliphatic heterocycles. The van der Waals surface area contributed by atoms with Crippen LogP contribution in [0, 0.1) is 5.92 Å². The normalized spacial score (nSPS) is 17.6. The van der Waals surface area contributed by atoms with Crippen molar-refractivity contribution in [3.63, 3.8) is 0 Å². The molecule has 3 nitrogen and oxygen atoms in total. The number of hydrogen-bond acceptors (Lipinski definition) is 3. The minimum atomic E-state index is 0.146. The highest BCUT2D eigenvalue weighted by atomic mass is 16.5. The number of nitrogens with two attached hydrogens (primary N) is 1. The summed E-state index contributed by atoms with van der Waals surface area (Å²) in [5.41, 5.74) is 8.10. The van der Waals surface area contributed by atoms with Crippen molar-refractivity contribution >= 4 is 5.69 Å². The van der Waals surface area contributed by atoms with Gasteiger partial charge in [0.15, 0.2) is 0 Å². The van der Waals surface area contributed by atoms with Gasteiger partial charge in [-0.3, -0.25) is 0 Å². The number of hydrogen-bond donors (Lipinski definition) is 1. The summed E-state index contributed by atoms with van der Waals surface area (Å²) >= 11 is 0. The first-order valence-corrected chi connectivity index (χ1v) is 7.60. The highest BCUT2D eigenvalue weighted by Gasteiger charge is 2.24. The molecule has 0 amide bonds. The van der Waals surface area contributed by atoms with Gasteiger partial charge in [0.25, 0.3) is 0 Å². The molecule has 1 fully saturated rings. The Hall–Kier alpha value is -1.06. The number of nitrogens with zero attached hydrogens (tertiary/aromatic N) is 1. The molecule has 1 aromatic carbocycles. The molecular weight excluding hydrogens is 248 g/mol. The maximum absolute atomic E-state index is 5.77. The van der Waals surface area contributed by atoms with E-state index in [4.69, 9.17) is 10.5 Å². The van der Waals surface area contributed by atoms with Crippen molar-refractivity contribution in [1.29, 1.82) is 0 Å². The van der Waals surface area contributed by atoms with Gasteiger partial charge in [0, 0.05) is 37.4 Å². The van der Waals surface area contributed by atoms with E-state index in [-0.39, 0.29) is 5.41 Å². The van der Waals surface area contributed by atoms with Gasteiger partial charge in [-0.15, -0.1) is 0 Å². The molecule has 0 spiro atoms. The number of likely N-dealkylation sites (N-methyl/N-ethyl adjacent to an activating group) is 1. The van der Waals surface area contributed by atoms with E-state index in [2.05, 4.69) is 37.9 Å². The minimum absolute atomic E-state index is 0.146. The van der Waals surface area contributed by atoms with Gasteiger partial charge in [-0.1, -0.05) is 26.0 Å². The zero-order chi connectivity index (χ0) is 14.6. The first-order valence-electron chi connectivity index (χ1n) is 7.60. The molecule has 0 aliphatic carbocycles. The molecule has 1 aromatic rings. The summed E-state index contributed by atoms with van der Waals surface area (Å²) in [5, 5.41) is 0. The van der Waals surface area contributed by atoms with Crippen molar-refractivity contribution in [2.75, 3.05) is 39.1 Å². The second kappa shape index (κ2) is 6.59. The Morgan fingerprint density at radius 3 is 2.40 bits per heavy atom. The average Bonchev–Trinajstić information content (AvgIpc) is 2.39. The molecule has 0 atom stereocenters. The lowest BCUT2D eigenvalue weighted by Crippen LogP contribution is -2.38. The quantitative estimate of drug-likeness (QED) is 0.840. The molecule has 1 aliphatic rings. The van der Waals surface area contributed by atoms with Crippen molar-refractivity contribution in [3.05, 3.63) is 29.8 Å². The van der Waals surface area contributed by atoms with Crippen LogP contribution in [0.4, 0.5) is 5.69 Å². The highest BCUT2D eigenvalue weighted by Crippen LogP contribution is 2.26. The maximum atomic E-state index is 5.77. The molecule has 2 N–H and O–H groups in total. The van der Waals surface area contributed by atoms with Gasteiger partial charge in [0.05, 0.1) is 0 Å². The molecule has 0 aromatic heterocycles. The van der Waals surface area contributed by atoms with Crippen molar-refractivity contribution in [2.24, 2.45) is 5.92 Å². The van der Waals surface area contributed by atoms with E-state index < -0.39 is 0 Å². The molecule has 3 heteroatoms. The van der Waals surface area contributed by atoms with Crippen LogP contribution in [0.1, 0.15) is 32.3 Å². The smallest absolute Gasteiger partial charge is 0.0469 e. The summed E-state index contributed by atoms with van der Waals surface area (Å²) in [6.07, 6.45) is 2.40. The predicted octanol–water partition coefficient (Wildman–Crippen LogP) is 2.90. The van der Waals surface area contributed by atoms with Crippen LogP contribution in [0.5, 0.6) is 0 Å². The average molecular weight is 276 g/mol. The molecule has 0 unspecified atom stereocenters. The summed E-state index contributed by atoms with van der Waals surface area (Å²) in [6, 6.07) is 8.29. The Kier molecular flexibility index (Phi) is 5.06. The predicted molar refractivity (Wildman–Crippen MR) is 84.9 cm³/mol. The lowest BCUT2D eigenvalue weighted by atomic mass is 9.84. The molecule has 1 saturated heterocycles. The number of anilines is 1. The fraction of sp³-hybridized carbons (Fsp3) is 0.647. The Labute approximate surface area is 123 Å². The SMILES string of the molecule is CN(CC1CCOCC1)CC(C)(C)c1ccc(N)cc1. The molecule has 0 radical (unpaired) electrons. The van der Waals surface area contributed by atoms with Crippen LogP contribution >= 0.6 is 0 Å². The molecular formula is C17H28N2O. The lowest BCUT2D eigenvalue weighted by Gasteiger charge is -2.34. The van der Waals surface area contributed by atoms with Gasteiger partial charge >= 0.3 is 0 Å². The first kappa shape index (κ1) is 15.3. The second-order valence-electron chi connectivity index (χ2n) is 6.76. The maximum Gasteiger partial charge on any atom is 0.0469 e. The van der Waals surface area contributed by atoms with E-state index >= 15 is 0 Å². The third kappa shape index (κ3) is 4.22. The summed E-state index contributed by atoms with van der Waals surface area (Å²) < 4.78 is 5.43. The number of nitrogen functional groups attached to an aromatic ring is 1.